The van der Waals surface area contributed by atoms with Crippen LogP contribution in [0.3, 0.4) is 0 Å². The van der Waals surface area contributed by atoms with Gasteiger partial charge in [-0.2, -0.15) is 10.1 Å². The zero-order valence-corrected chi connectivity index (χ0v) is 15.0. The Morgan fingerprint density at radius 2 is 2.19 bits per heavy atom. The quantitative estimate of drug-likeness (QED) is 0.691. The summed E-state index contributed by atoms with van der Waals surface area (Å²) in [5.41, 5.74) is 1.06. The van der Waals surface area contributed by atoms with E-state index in [1.54, 1.807) is 35.1 Å². The van der Waals surface area contributed by atoms with E-state index in [1.807, 2.05) is 0 Å². The van der Waals surface area contributed by atoms with Crippen LogP contribution in [0.2, 0.25) is 10.0 Å². The molecule has 0 atom stereocenters. The smallest absolute Gasteiger partial charge is 0.270 e. The van der Waals surface area contributed by atoms with Crippen molar-refractivity contribution in [1.29, 1.82) is 0 Å². The molecule has 8 nitrogen and oxygen atoms in total. The molecule has 0 unspecified atom stereocenters. The van der Waals surface area contributed by atoms with Gasteiger partial charge in [-0.05, 0) is 24.3 Å². The lowest BCUT2D eigenvalue weighted by Gasteiger charge is -2.28. The summed E-state index contributed by atoms with van der Waals surface area (Å²) < 4.78 is 6.90. The number of carbonyl (C=O) groups is 1. The molecule has 3 aromatic rings. The van der Waals surface area contributed by atoms with Gasteiger partial charge < -0.3 is 15.2 Å². The van der Waals surface area contributed by atoms with Gasteiger partial charge >= 0.3 is 0 Å². The Kier molecular flexibility index (Phi) is 4.62. The van der Waals surface area contributed by atoms with Crippen molar-refractivity contribution in [3.8, 4) is 11.4 Å². The summed E-state index contributed by atoms with van der Waals surface area (Å²) in [6.07, 6.45) is 1.61. The Balaban J connectivity index is 1.44. The fraction of sp³-hybridized carbons (Fsp3) is 0.250. The number of amides is 1. The van der Waals surface area contributed by atoms with Crippen molar-refractivity contribution in [2.75, 3.05) is 13.1 Å². The van der Waals surface area contributed by atoms with Crippen molar-refractivity contribution in [1.82, 2.24) is 30.6 Å². The molecule has 26 heavy (non-hydrogen) atoms. The van der Waals surface area contributed by atoms with Crippen molar-refractivity contribution in [3.05, 3.63) is 52.1 Å². The molecule has 0 aliphatic carbocycles. The van der Waals surface area contributed by atoms with E-state index in [9.17, 15) is 4.79 Å². The number of nitrogens with one attached hydrogen (secondary N) is 2. The van der Waals surface area contributed by atoms with Gasteiger partial charge in [0.05, 0.1) is 17.6 Å². The fourth-order valence-electron chi connectivity index (χ4n) is 2.58. The summed E-state index contributed by atoms with van der Waals surface area (Å²) >= 11 is 12.1. The number of hydrogen-bond donors (Lipinski definition) is 2. The van der Waals surface area contributed by atoms with Gasteiger partial charge in [0.15, 0.2) is 0 Å². The second-order valence-electron chi connectivity index (χ2n) is 5.79. The first-order chi connectivity index (χ1) is 12.6. The molecule has 2 aromatic heterocycles. The van der Waals surface area contributed by atoms with Gasteiger partial charge in [0.1, 0.15) is 5.69 Å². The van der Waals surface area contributed by atoms with E-state index in [1.165, 1.54) is 0 Å². The average Bonchev–Trinajstić information content (AvgIpc) is 3.23. The SMILES string of the molecule is O=C(NCc1nc(-c2cc(Cl)ccc2Cl)no1)c1ccnn1C1CNC1. The van der Waals surface area contributed by atoms with Gasteiger partial charge in [0.2, 0.25) is 11.7 Å². The highest BCUT2D eigenvalue weighted by molar-refractivity contribution is 6.35. The van der Waals surface area contributed by atoms with E-state index in [-0.39, 0.29) is 24.4 Å². The van der Waals surface area contributed by atoms with Crippen LogP contribution in [-0.2, 0) is 6.54 Å². The zero-order valence-electron chi connectivity index (χ0n) is 13.4. The minimum atomic E-state index is -0.255. The molecule has 0 spiro atoms. The van der Waals surface area contributed by atoms with Crippen LogP contribution in [0.4, 0.5) is 0 Å². The van der Waals surface area contributed by atoms with E-state index in [0.717, 1.165) is 13.1 Å². The molecule has 0 radical (unpaired) electrons. The minimum absolute atomic E-state index is 0.0954. The number of halogens is 2. The van der Waals surface area contributed by atoms with Crippen LogP contribution in [0.1, 0.15) is 22.4 Å². The topological polar surface area (TPSA) is 97.9 Å². The van der Waals surface area contributed by atoms with Crippen LogP contribution < -0.4 is 10.6 Å². The number of nitrogens with zero attached hydrogens (tertiary/aromatic N) is 4. The molecular weight excluding hydrogens is 379 g/mol. The van der Waals surface area contributed by atoms with E-state index in [0.29, 0.717) is 27.1 Å². The van der Waals surface area contributed by atoms with E-state index >= 15 is 0 Å². The number of rotatable bonds is 5. The molecule has 0 saturated carbocycles. The number of aromatic nitrogens is 4. The van der Waals surface area contributed by atoms with Crippen molar-refractivity contribution in [2.24, 2.45) is 0 Å². The lowest BCUT2D eigenvalue weighted by molar-refractivity contribution is 0.0929. The second kappa shape index (κ2) is 7.06. The molecule has 134 valence electrons. The maximum Gasteiger partial charge on any atom is 0.270 e. The van der Waals surface area contributed by atoms with Gasteiger partial charge in [-0.15, -0.1) is 0 Å². The Morgan fingerprint density at radius 1 is 1.35 bits per heavy atom. The van der Waals surface area contributed by atoms with Crippen molar-refractivity contribution in [2.45, 2.75) is 12.6 Å². The Hall–Kier alpha value is -2.42. The summed E-state index contributed by atoms with van der Waals surface area (Å²) in [5, 5.41) is 15.0. The Labute approximate surface area is 158 Å². The summed E-state index contributed by atoms with van der Waals surface area (Å²) in [6, 6.07) is 6.87. The van der Waals surface area contributed by atoms with Gasteiger partial charge in [-0.1, -0.05) is 28.4 Å². The molecule has 10 heteroatoms. The summed E-state index contributed by atoms with van der Waals surface area (Å²) in [6.45, 7) is 1.70. The molecule has 4 rings (SSSR count). The molecule has 1 aromatic carbocycles. The van der Waals surface area contributed by atoms with E-state index in [2.05, 4.69) is 25.9 Å². The third kappa shape index (κ3) is 3.31. The Bertz CT molecular complexity index is 950. The van der Waals surface area contributed by atoms with Crippen LogP contribution in [0.5, 0.6) is 0 Å². The first kappa shape index (κ1) is 17.0. The van der Waals surface area contributed by atoms with Crippen molar-refractivity contribution >= 4 is 29.1 Å². The highest BCUT2D eigenvalue weighted by Crippen LogP contribution is 2.28. The molecule has 1 aliphatic rings. The molecule has 1 aliphatic heterocycles. The normalized spacial score (nSPS) is 14.2. The summed E-state index contributed by atoms with van der Waals surface area (Å²) in [5.74, 6) is 0.322. The van der Waals surface area contributed by atoms with Crippen LogP contribution in [-0.4, -0.2) is 38.9 Å². The summed E-state index contributed by atoms with van der Waals surface area (Å²) in [4.78, 5) is 16.7. The minimum Gasteiger partial charge on any atom is -0.342 e. The third-order valence-corrected chi connectivity index (χ3v) is 4.61. The molecule has 1 amide bonds. The molecule has 3 heterocycles. The van der Waals surface area contributed by atoms with Crippen molar-refractivity contribution in [3.63, 3.8) is 0 Å². The number of hydrogen-bond acceptors (Lipinski definition) is 6. The monoisotopic (exact) mass is 392 g/mol. The highest BCUT2D eigenvalue weighted by Gasteiger charge is 2.24. The van der Waals surface area contributed by atoms with E-state index in [4.69, 9.17) is 27.7 Å². The number of benzene rings is 1. The number of carbonyl (C=O) groups excluding carboxylic acids is 1. The zero-order chi connectivity index (χ0) is 18.1. The molecule has 1 saturated heterocycles. The average molecular weight is 393 g/mol. The first-order valence-corrected chi connectivity index (χ1v) is 8.68. The van der Waals surface area contributed by atoms with Crippen LogP contribution >= 0.6 is 23.2 Å². The standard InChI is InChI=1S/C16H14Cl2N6O2/c17-9-1-2-12(18)11(5-9)15-22-14(26-23-15)8-20-16(25)13-3-4-21-24(13)10-6-19-7-10/h1-5,10,19H,6-8H2,(H,20,25). The molecule has 2 N–H and O–H groups in total. The van der Waals surface area contributed by atoms with Crippen molar-refractivity contribution < 1.29 is 9.32 Å². The second-order valence-corrected chi connectivity index (χ2v) is 6.64. The largest absolute Gasteiger partial charge is 0.342 e. The van der Waals surface area contributed by atoms with E-state index < -0.39 is 0 Å². The van der Waals surface area contributed by atoms with Crippen LogP contribution in [0.25, 0.3) is 11.4 Å². The maximum atomic E-state index is 12.4. The van der Waals surface area contributed by atoms with Gasteiger partial charge in [-0.3, -0.25) is 9.48 Å². The van der Waals surface area contributed by atoms with Crippen LogP contribution in [0.15, 0.2) is 35.0 Å². The highest BCUT2D eigenvalue weighted by atomic mass is 35.5. The lowest BCUT2D eigenvalue weighted by Crippen LogP contribution is -2.45. The first-order valence-electron chi connectivity index (χ1n) is 7.92. The lowest BCUT2D eigenvalue weighted by atomic mass is 10.2. The van der Waals surface area contributed by atoms with Gasteiger partial charge in [0.25, 0.3) is 5.91 Å². The molecule has 1 fully saturated rings. The summed E-state index contributed by atoms with van der Waals surface area (Å²) in [7, 11) is 0. The molecule has 0 bridgehead atoms. The maximum absolute atomic E-state index is 12.4. The molecular formula is C16H14Cl2N6O2. The Morgan fingerprint density at radius 3 is 2.96 bits per heavy atom. The fourth-order valence-corrected chi connectivity index (χ4v) is 2.96. The predicted octanol–water partition coefficient (Wildman–Crippen LogP) is 2.31. The predicted molar refractivity (Wildman–Crippen MR) is 95.1 cm³/mol. The van der Waals surface area contributed by atoms with Gasteiger partial charge in [-0.25, -0.2) is 0 Å². The van der Waals surface area contributed by atoms with Gasteiger partial charge in [0, 0.05) is 29.9 Å². The van der Waals surface area contributed by atoms with Crippen LogP contribution in [0, 0.1) is 0 Å². The third-order valence-electron chi connectivity index (χ3n) is 4.05.